The Morgan fingerprint density at radius 3 is 2.68 bits per heavy atom. The Labute approximate surface area is 141 Å². The molecule has 0 saturated heterocycles. The van der Waals surface area contributed by atoms with E-state index in [9.17, 15) is 4.79 Å². The smallest absolute Gasteiger partial charge is 0.411 e. The average Bonchev–Trinajstić information content (AvgIpc) is 2.92. The molecule has 1 aliphatic rings. The molecule has 0 bridgehead atoms. The van der Waals surface area contributed by atoms with Crippen LogP contribution in [0.3, 0.4) is 0 Å². The Balaban J connectivity index is 1.92. The Bertz CT molecular complexity index is 537. The Morgan fingerprint density at radius 2 is 2.05 bits per heavy atom. The third kappa shape index (κ3) is 4.28. The fourth-order valence-corrected chi connectivity index (χ4v) is 3.43. The number of halogens is 2. The van der Waals surface area contributed by atoms with Crippen LogP contribution in [0.2, 0.25) is 10.0 Å². The lowest BCUT2D eigenvalue weighted by Gasteiger charge is -2.30. The zero-order valence-corrected chi connectivity index (χ0v) is 14.6. The minimum atomic E-state index is -0.463. The topological polar surface area (TPSA) is 41.6 Å². The van der Waals surface area contributed by atoms with Gasteiger partial charge >= 0.3 is 6.09 Å². The molecule has 1 aromatic carbocycles. The van der Waals surface area contributed by atoms with E-state index in [1.54, 1.807) is 18.2 Å². The predicted octanol–water partition coefficient (Wildman–Crippen LogP) is 4.66. The molecule has 1 saturated carbocycles. The summed E-state index contributed by atoms with van der Waals surface area (Å²) < 4.78 is 5.54. The zero-order valence-electron chi connectivity index (χ0n) is 13.1. The van der Waals surface area contributed by atoms with E-state index < -0.39 is 6.09 Å². The summed E-state index contributed by atoms with van der Waals surface area (Å²) in [4.78, 5) is 14.2. The number of carbonyl (C=O) groups excluding carboxylic acids is 1. The van der Waals surface area contributed by atoms with Gasteiger partial charge in [0.25, 0.3) is 0 Å². The second-order valence-corrected chi connectivity index (χ2v) is 6.80. The van der Waals surface area contributed by atoms with E-state index in [2.05, 4.69) is 24.3 Å². The summed E-state index contributed by atoms with van der Waals surface area (Å²) in [6.45, 7) is 1.96. The monoisotopic (exact) mass is 344 g/mol. The number of hydrogen-bond donors (Lipinski definition) is 1. The van der Waals surface area contributed by atoms with Crippen LogP contribution in [0.25, 0.3) is 0 Å². The first-order valence-electron chi connectivity index (χ1n) is 7.47. The summed E-state index contributed by atoms with van der Waals surface area (Å²) in [5.74, 6) is 0.370. The van der Waals surface area contributed by atoms with Crippen molar-refractivity contribution in [1.29, 1.82) is 0 Å². The zero-order chi connectivity index (χ0) is 16.3. The number of anilines is 1. The van der Waals surface area contributed by atoms with E-state index in [-0.39, 0.29) is 6.10 Å². The molecular weight excluding hydrogens is 323 g/mol. The van der Waals surface area contributed by atoms with Gasteiger partial charge in [0.2, 0.25) is 0 Å². The van der Waals surface area contributed by atoms with Gasteiger partial charge in [-0.25, -0.2) is 4.79 Å². The highest BCUT2D eigenvalue weighted by Gasteiger charge is 2.34. The maximum Gasteiger partial charge on any atom is 0.411 e. The average molecular weight is 345 g/mol. The van der Waals surface area contributed by atoms with E-state index in [0.29, 0.717) is 27.7 Å². The number of amides is 1. The standard InChI is InChI=1S/C16H22Cl2N2O2/c1-10(12-5-4-6-15(12)20(2)3)22-16(21)19-11-7-8-13(17)14(18)9-11/h7-10,12,15H,4-6H2,1-3H3,(H,19,21). The molecule has 0 spiro atoms. The minimum Gasteiger partial charge on any atom is -0.446 e. The largest absolute Gasteiger partial charge is 0.446 e. The van der Waals surface area contributed by atoms with Gasteiger partial charge in [-0.1, -0.05) is 29.6 Å². The summed E-state index contributed by atoms with van der Waals surface area (Å²) in [5.41, 5.74) is 0.571. The third-order valence-electron chi connectivity index (χ3n) is 4.26. The first kappa shape index (κ1) is 17.4. The molecule has 1 N–H and O–H groups in total. The van der Waals surface area contributed by atoms with Gasteiger partial charge in [-0.05, 0) is 52.1 Å². The lowest BCUT2D eigenvalue weighted by molar-refractivity contribution is 0.0589. The third-order valence-corrected chi connectivity index (χ3v) is 5.00. The Hall–Kier alpha value is -0.970. The summed E-state index contributed by atoms with van der Waals surface area (Å²) in [7, 11) is 4.15. The van der Waals surface area contributed by atoms with Gasteiger partial charge in [0.1, 0.15) is 6.10 Å². The van der Waals surface area contributed by atoms with Crippen LogP contribution < -0.4 is 5.32 Å². The first-order valence-corrected chi connectivity index (χ1v) is 8.23. The summed E-state index contributed by atoms with van der Waals surface area (Å²) >= 11 is 11.8. The molecule has 0 heterocycles. The van der Waals surface area contributed by atoms with Crippen LogP contribution in [-0.4, -0.2) is 37.2 Å². The van der Waals surface area contributed by atoms with Crippen LogP contribution in [-0.2, 0) is 4.74 Å². The van der Waals surface area contributed by atoms with Crippen LogP contribution in [0.1, 0.15) is 26.2 Å². The molecule has 3 atom stereocenters. The number of rotatable bonds is 4. The highest BCUT2D eigenvalue weighted by Crippen LogP contribution is 2.32. The van der Waals surface area contributed by atoms with E-state index in [0.717, 1.165) is 12.8 Å². The van der Waals surface area contributed by atoms with Gasteiger partial charge in [-0.3, -0.25) is 5.32 Å². The molecule has 1 fully saturated rings. The normalized spacial score (nSPS) is 22.6. The van der Waals surface area contributed by atoms with Crippen LogP contribution in [0, 0.1) is 5.92 Å². The predicted molar refractivity (Wildman–Crippen MR) is 90.8 cm³/mol. The van der Waals surface area contributed by atoms with Crippen molar-refractivity contribution in [2.75, 3.05) is 19.4 Å². The molecule has 0 aromatic heterocycles. The minimum absolute atomic E-state index is 0.127. The maximum absolute atomic E-state index is 12.0. The van der Waals surface area contributed by atoms with E-state index in [1.807, 2.05) is 6.92 Å². The summed E-state index contributed by atoms with van der Waals surface area (Å²) in [6.07, 6.45) is 2.83. The van der Waals surface area contributed by atoms with Crippen LogP contribution >= 0.6 is 23.2 Å². The Kier molecular flexibility index (Phi) is 5.95. The van der Waals surface area contributed by atoms with Crippen molar-refractivity contribution in [2.45, 2.75) is 38.3 Å². The van der Waals surface area contributed by atoms with Crippen molar-refractivity contribution in [1.82, 2.24) is 4.90 Å². The number of hydrogen-bond acceptors (Lipinski definition) is 3. The molecule has 0 aliphatic heterocycles. The first-order chi connectivity index (χ1) is 10.4. The lowest BCUT2D eigenvalue weighted by Crippen LogP contribution is -2.38. The van der Waals surface area contributed by atoms with Gasteiger partial charge in [-0.2, -0.15) is 0 Å². The number of ether oxygens (including phenoxy) is 1. The summed E-state index contributed by atoms with van der Waals surface area (Å²) in [5, 5.41) is 3.54. The van der Waals surface area contributed by atoms with Crippen molar-refractivity contribution in [3.63, 3.8) is 0 Å². The second-order valence-electron chi connectivity index (χ2n) is 5.99. The van der Waals surface area contributed by atoms with Crippen molar-refractivity contribution in [3.05, 3.63) is 28.2 Å². The number of nitrogens with zero attached hydrogens (tertiary/aromatic N) is 1. The lowest BCUT2D eigenvalue weighted by atomic mass is 9.97. The van der Waals surface area contributed by atoms with Gasteiger partial charge in [0.15, 0.2) is 0 Å². The molecule has 1 amide bonds. The summed E-state index contributed by atoms with van der Waals surface area (Å²) in [6, 6.07) is 5.40. The van der Waals surface area contributed by atoms with Gasteiger partial charge < -0.3 is 9.64 Å². The van der Waals surface area contributed by atoms with Crippen molar-refractivity contribution in [3.8, 4) is 0 Å². The van der Waals surface area contributed by atoms with Gasteiger partial charge in [0, 0.05) is 17.6 Å². The fraction of sp³-hybridized carbons (Fsp3) is 0.562. The maximum atomic E-state index is 12.0. The number of carbonyl (C=O) groups is 1. The van der Waals surface area contributed by atoms with Crippen molar-refractivity contribution in [2.24, 2.45) is 5.92 Å². The molecule has 4 nitrogen and oxygen atoms in total. The highest BCUT2D eigenvalue weighted by molar-refractivity contribution is 6.42. The highest BCUT2D eigenvalue weighted by atomic mass is 35.5. The van der Waals surface area contributed by atoms with Crippen LogP contribution in [0.5, 0.6) is 0 Å². The van der Waals surface area contributed by atoms with Crippen LogP contribution in [0.15, 0.2) is 18.2 Å². The Morgan fingerprint density at radius 1 is 1.32 bits per heavy atom. The van der Waals surface area contributed by atoms with Crippen LogP contribution in [0.4, 0.5) is 10.5 Å². The molecule has 6 heteroatoms. The van der Waals surface area contributed by atoms with E-state index in [4.69, 9.17) is 27.9 Å². The van der Waals surface area contributed by atoms with E-state index >= 15 is 0 Å². The molecule has 22 heavy (non-hydrogen) atoms. The molecule has 1 aromatic rings. The number of benzene rings is 1. The van der Waals surface area contributed by atoms with Crippen molar-refractivity contribution >= 4 is 35.0 Å². The van der Waals surface area contributed by atoms with Gasteiger partial charge in [0.05, 0.1) is 10.0 Å². The SMILES string of the molecule is CC(OC(=O)Nc1ccc(Cl)c(Cl)c1)C1CCCC1N(C)C. The fourth-order valence-electron chi connectivity index (χ4n) is 3.14. The van der Waals surface area contributed by atoms with Crippen molar-refractivity contribution < 1.29 is 9.53 Å². The molecule has 0 radical (unpaired) electrons. The van der Waals surface area contributed by atoms with E-state index in [1.165, 1.54) is 6.42 Å². The molecule has 2 rings (SSSR count). The quantitative estimate of drug-likeness (QED) is 0.863. The second kappa shape index (κ2) is 7.53. The molecule has 1 aliphatic carbocycles. The van der Waals surface area contributed by atoms with Gasteiger partial charge in [-0.15, -0.1) is 0 Å². The molecule has 3 unspecified atom stereocenters. The number of nitrogens with one attached hydrogen (secondary N) is 1. The molecule has 122 valence electrons. The molecular formula is C16H22Cl2N2O2.